The lowest BCUT2D eigenvalue weighted by Gasteiger charge is -2.33. The maximum absolute atomic E-state index is 12.5. The quantitative estimate of drug-likeness (QED) is 0.735. The molecule has 1 aliphatic heterocycles. The topological polar surface area (TPSA) is 54.5 Å². The van der Waals surface area contributed by atoms with Crippen molar-refractivity contribution in [2.75, 3.05) is 25.0 Å². The van der Waals surface area contributed by atoms with Crippen molar-refractivity contribution in [1.29, 1.82) is 0 Å². The van der Waals surface area contributed by atoms with Crippen LogP contribution >= 0.6 is 0 Å². The first kappa shape index (κ1) is 19.5. The number of rotatable bonds is 6. The monoisotopic (exact) mass is 391 g/mol. The van der Waals surface area contributed by atoms with Gasteiger partial charge in [0, 0.05) is 19.3 Å². The smallest absolute Gasteiger partial charge is 0.321 e. The van der Waals surface area contributed by atoms with E-state index in [4.69, 9.17) is 4.74 Å². The van der Waals surface area contributed by atoms with Crippen LogP contribution in [0.1, 0.15) is 38.2 Å². The van der Waals surface area contributed by atoms with Gasteiger partial charge in [0.1, 0.15) is 5.75 Å². The molecule has 1 saturated carbocycles. The van der Waals surface area contributed by atoms with Gasteiger partial charge in [0.2, 0.25) is 0 Å². The average molecular weight is 392 g/mol. The first-order chi connectivity index (χ1) is 14.2. The van der Waals surface area contributed by atoms with Crippen LogP contribution in [-0.2, 0) is 0 Å². The van der Waals surface area contributed by atoms with E-state index in [1.54, 1.807) is 12.4 Å². The zero-order valence-electron chi connectivity index (χ0n) is 17.0. The van der Waals surface area contributed by atoms with Crippen LogP contribution in [0, 0.1) is 11.8 Å². The fraction of sp³-hybridized carbons (Fsp3) is 0.417. The van der Waals surface area contributed by atoms with Crippen molar-refractivity contribution < 1.29 is 9.53 Å². The van der Waals surface area contributed by atoms with Crippen LogP contribution in [0.4, 0.5) is 10.5 Å². The number of ether oxygens (including phenoxy) is 1. The van der Waals surface area contributed by atoms with E-state index in [0.29, 0.717) is 5.92 Å². The van der Waals surface area contributed by atoms with E-state index in [-0.39, 0.29) is 6.03 Å². The number of pyridine rings is 1. The Bertz CT molecular complexity index is 861. The summed E-state index contributed by atoms with van der Waals surface area (Å²) in [7, 11) is 0. The van der Waals surface area contributed by atoms with E-state index in [1.807, 2.05) is 23.1 Å². The molecule has 2 fully saturated rings. The number of carbonyl (C=O) groups excluding carboxylic acids is 1. The molecule has 2 aromatic rings. The molecule has 1 N–H and O–H groups in total. The third-order valence-electron chi connectivity index (χ3n) is 5.70. The molecular formula is C24H29N3O2. The molecule has 2 aliphatic rings. The van der Waals surface area contributed by atoms with Crippen LogP contribution in [-0.4, -0.2) is 35.6 Å². The van der Waals surface area contributed by atoms with E-state index in [2.05, 4.69) is 41.5 Å². The number of hydrogen-bond donors (Lipinski definition) is 1. The van der Waals surface area contributed by atoms with Gasteiger partial charge in [-0.1, -0.05) is 43.5 Å². The van der Waals surface area contributed by atoms with Crippen molar-refractivity contribution >= 4 is 17.8 Å². The van der Waals surface area contributed by atoms with Gasteiger partial charge in [-0.05, 0) is 54.5 Å². The zero-order chi connectivity index (χ0) is 20.1. The average Bonchev–Trinajstić information content (AvgIpc) is 3.55. The number of urea groups is 1. The minimum absolute atomic E-state index is 0.0602. The molecule has 1 aromatic carbocycles. The highest BCUT2D eigenvalue weighted by atomic mass is 16.5. The second kappa shape index (κ2) is 9.12. The van der Waals surface area contributed by atoms with Crippen LogP contribution < -0.4 is 10.1 Å². The van der Waals surface area contributed by atoms with Crippen LogP contribution in [0.2, 0.25) is 0 Å². The largest absolute Gasteiger partial charge is 0.494 e. The van der Waals surface area contributed by atoms with Gasteiger partial charge in [-0.3, -0.25) is 4.98 Å². The third kappa shape index (κ3) is 5.59. The number of amides is 2. The Morgan fingerprint density at radius 1 is 1.31 bits per heavy atom. The second-order valence-electron chi connectivity index (χ2n) is 8.14. The van der Waals surface area contributed by atoms with E-state index in [9.17, 15) is 4.79 Å². The fourth-order valence-corrected chi connectivity index (χ4v) is 3.75. The zero-order valence-corrected chi connectivity index (χ0v) is 17.0. The summed E-state index contributed by atoms with van der Waals surface area (Å²) in [5.41, 5.74) is 3.28. The number of hydrogen-bond acceptors (Lipinski definition) is 3. The molecular weight excluding hydrogens is 362 g/mol. The second-order valence-corrected chi connectivity index (χ2v) is 8.14. The maximum Gasteiger partial charge on any atom is 0.321 e. The van der Waals surface area contributed by atoms with Gasteiger partial charge in [0.15, 0.2) is 0 Å². The first-order valence-corrected chi connectivity index (χ1v) is 10.6. The van der Waals surface area contributed by atoms with Crippen molar-refractivity contribution in [3.05, 3.63) is 59.9 Å². The highest BCUT2D eigenvalue weighted by Gasteiger charge is 2.24. The van der Waals surface area contributed by atoms with Crippen LogP contribution in [0.25, 0.3) is 6.08 Å². The van der Waals surface area contributed by atoms with E-state index < -0.39 is 0 Å². The molecule has 29 heavy (non-hydrogen) atoms. The molecule has 5 nitrogen and oxygen atoms in total. The maximum atomic E-state index is 12.5. The predicted octanol–water partition coefficient (Wildman–Crippen LogP) is 5.22. The lowest BCUT2D eigenvalue weighted by molar-refractivity contribution is 0.198. The Hall–Kier alpha value is -2.82. The Kier molecular flexibility index (Phi) is 6.13. The van der Waals surface area contributed by atoms with Gasteiger partial charge in [-0.25, -0.2) is 4.79 Å². The van der Waals surface area contributed by atoms with Gasteiger partial charge in [0.25, 0.3) is 0 Å². The Morgan fingerprint density at radius 2 is 2.21 bits per heavy atom. The Balaban J connectivity index is 1.33. The highest BCUT2D eigenvalue weighted by molar-refractivity contribution is 5.89. The van der Waals surface area contributed by atoms with E-state index >= 15 is 0 Å². The van der Waals surface area contributed by atoms with Crippen molar-refractivity contribution in [3.63, 3.8) is 0 Å². The normalized spacial score (nSPS) is 20.5. The molecule has 0 radical (unpaired) electrons. The molecule has 2 amide bonds. The molecule has 1 saturated heterocycles. The molecule has 1 aromatic heterocycles. The summed E-state index contributed by atoms with van der Waals surface area (Å²) in [6.45, 7) is 4.43. The van der Waals surface area contributed by atoms with Gasteiger partial charge in [0.05, 0.1) is 18.5 Å². The van der Waals surface area contributed by atoms with Crippen molar-refractivity contribution in [1.82, 2.24) is 9.88 Å². The van der Waals surface area contributed by atoms with Crippen LogP contribution in [0.15, 0.2) is 54.4 Å². The van der Waals surface area contributed by atoms with Gasteiger partial charge in [-0.15, -0.1) is 0 Å². The predicted molar refractivity (Wildman–Crippen MR) is 116 cm³/mol. The van der Waals surface area contributed by atoms with Gasteiger partial charge in [-0.2, -0.15) is 0 Å². The summed E-state index contributed by atoms with van der Waals surface area (Å²) in [6, 6.07) is 11.9. The summed E-state index contributed by atoms with van der Waals surface area (Å²) in [6.07, 6.45) is 10.4. The Labute approximate surface area is 172 Å². The summed E-state index contributed by atoms with van der Waals surface area (Å²) in [4.78, 5) is 18.4. The number of nitrogens with one attached hydrogen (secondary N) is 1. The highest BCUT2D eigenvalue weighted by Crippen LogP contribution is 2.32. The summed E-state index contributed by atoms with van der Waals surface area (Å²) in [5, 5.41) is 2.92. The standard InChI is InChI=1S/C24H29N3O2/c1-18-17-27(24(28)26-22-5-3-11-25-16-22)12-9-21(18)14-20-4-2-6-23(15-20)29-13-10-19-7-8-19/h2-6,11,14-16,18-19H,7-10,12-13,17H2,1H3,(H,26,28). The van der Waals surface area contributed by atoms with Crippen molar-refractivity contribution in [2.24, 2.45) is 11.8 Å². The lowest BCUT2D eigenvalue weighted by atomic mass is 9.91. The number of nitrogens with zero attached hydrogens (tertiary/aromatic N) is 2. The molecule has 0 spiro atoms. The third-order valence-corrected chi connectivity index (χ3v) is 5.70. The first-order valence-electron chi connectivity index (χ1n) is 10.6. The molecule has 1 atom stereocenters. The number of piperidine rings is 1. The molecule has 2 heterocycles. The molecule has 4 rings (SSSR count). The molecule has 0 bridgehead atoms. The number of carbonyl (C=O) groups is 1. The number of likely N-dealkylation sites (tertiary alicyclic amines) is 1. The molecule has 5 heteroatoms. The minimum Gasteiger partial charge on any atom is -0.494 e. The van der Waals surface area contributed by atoms with Gasteiger partial charge >= 0.3 is 6.03 Å². The van der Waals surface area contributed by atoms with Crippen LogP contribution in [0.3, 0.4) is 0 Å². The van der Waals surface area contributed by atoms with Crippen LogP contribution in [0.5, 0.6) is 5.75 Å². The number of anilines is 1. The molecule has 152 valence electrons. The SMILES string of the molecule is CC1CN(C(=O)Nc2cccnc2)CCC1=Cc1cccc(OCCC2CC2)c1. The number of benzene rings is 1. The summed E-state index contributed by atoms with van der Waals surface area (Å²) >= 11 is 0. The van der Waals surface area contributed by atoms with Crippen molar-refractivity contribution in [3.8, 4) is 5.75 Å². The molecule has 1 aliphatic carbocycles. The number of aromatic nitrogens is 1. The molecule has 1 unspecified atom stereocenters. The van der Waals surface area contributed by atoms with Gasteiger partial charge < -0.3 is 15.0 Å². The summed E-state index contributed by atoms with van der Waals surface area (Å²) < 4.78 is 5.92. The Morgan fingerprint density at radius 3 is 2.97 bits per heavy atom. The lowest BCUT2D eigenvalue weighted by Crippen LogP contribution is -2.42. The minimum atomic E-state index is -0.0602. The van der Waals surface area contributed by atoms with E-state index in [0.717, 1.165) is 43.5 Å². The summed E-state index contributed by atoms with van der Waals surface area (Å²) in [5.74, 6) is 2.16. The fourth-order valence-electron chi connectivity index (χ4n) is 3.75. The van der Waals surface area contributed by atoms with Crippen molar-refractivity contribution in [2.45, 2.75) is 32.6 Å². The van der Waals surface area contributed by atoms with E-state index in [1.165, 1.54) is 30.4 Å².